The molecule has 0 aromatic heterocycles. The number of nitriles is 1. The topological polar surface area (TPSA) is 92.0 Å². The maximum Gasteiger partial charge on any atom is 0.440 e. The molecule has 0 aliphatic rings. The fraction of sp³-hybridized carbons (Fsp3) is 0.412. The maximum atomic E-state index is 12.9. The van der Waals surface area contributed by atoms with Crippen LogP contribution < -0.4 is 0 Å². The smallest absolute Gasteiger partial charge is 0.440 e. The number of ether oxygens (including phenoxy) is 2. The molecule has 7 nitrogen and oxygen atoms in total. The molecule has 0 aliphatic carbocycles. The first kappa shape index (κ1) is 22.0. The molecule has 0 N–H and O–H groups in total. The highest BCUT2D eigenvalue weighted by molar-refractivity contribution is 6.12. The Labute approximate surface area is 154 Å². The Hall–Kier alpha value is -3.09. The van der Waals surface area contributed by atoms with E-state index >= 15 is 0 Å². The number of amides is 2. The summed E-state index contributed by atoms with van der Waals surface area (Å²) in [6.07, 6.45) is -8.31. The first-order chi connectivity index (χ1) is 12.5. The lowest BCUT2D eigenvalue weighted by atomic mass is 10.1. The van der Waals surface area contributed by atoms with E-state index in [1.165, 1.54) is 33.8 Å². The highest BCUT2D eigenvalue weighted by atomic mass is 19.4. The number of hydrogen-bond donors (Lipinski definition) is 0. The van der Waals surface area contributed by atoms with Gasteiger partial charge in [0.25, 0.3) is 0 Å². The second-order valence-electron chi connectivity index (χ2n) is 5.82. The van der Waals surface area contributed by atoms with E-state index in [4.69, 9.17) is 9.47 Å². The number of halogens is 3. The van der Waals surface area contributed by atoms with E-state index in [9.17, 15) is 28.0 Å². The second kappa shape index (κ2) is 9.02. The molecular weight excluding hydrogens is 367 g/mol. The Morgan fingerprint density at radius 3 is 2.04 bits per heavy atom. The quantitative estimate of drug-likeness (QED) is 0.568. The van der Waals surface area contributed by atoms with Gasteiger partial charge in [0.05, 0.1) is 17.8 Å². The van der Waals surface area contributed by atoms with Crippen LogP contribution in [0.15, 0.2) is 29.4 Å². The predicted octanol–water partition coefficient (Wildman–Crippen LogP) is 4.33. The van der Waals surface area contributed by atoms with Gasteiger partial charge in [-0.15, -0.1) is 5.10 Å². The highest BCUT2D eigenvalue weighted by Gasteiger charge is 2.31. The molecule has 0 aliphatic heterocycles. The van der Waals surface area contributed by atoms with Crippen LogP contribution in [-0.2, 0) is 15.7 Å². The number of alkyl halides is 3. The minimum atomic E-state index is -4.64. The van der Waals surface area contributed by atoms with Crippen LogP contribution in [0.4, 0.5) is 22.8 Å². The van der Waals surface area contributed by atoms with E-state index in [0.29, 0.717) is 6.07 Å². The van der Waals surface area contributed by atoms with Crippen molar-refractivity contribution in [2.24, 2.45) is 5.10 Å². The number of rotatable bonds is 4. The zero-order valence-corrected chi connectivity index (χ0v) is 15.1. The molecule has 0 atom stereocenters. The summed E-state index contributed by atoms with van der Waals surface area (Å²) in [5.74, 6) is 0. The molecule has 0 saturated heterocycles. The summed E-state index contributed by atoms with van der Waals surface area (Å²) in [6, 6.07) is 5.34. The van der Waals surface area contributed by atoms with E-state index < -0.39 is 41.8 Å². The minimum Gasteiger partial charge on any atom is -0.445 e. The third kappa shape index (κ3) is 6.62. The standard InChI is InChI=1S/C17H18F3N3O4/c1-10(2)26-15(24)23(16(25)27-11(3)4)22-14(9-21)12-6-5-7-13(8-12)17(18,19)20/h5-8,10-11H,1-4H3/b22-14+. The van der Waals surface area contributed by atoms with Crippen molar-refractivity contribution in [3.63, 3.8) is 0 Å². The Morgan fingerprint density at radius 2 is 1.63 bits per heavy atom. The Morgan fingerprint density at radius 1 is 1.11 bits per heavy atom. The van der Waals surface area contributed by atoms with Crippen molar-refractivity contribution in [2.75, 3.05) is 0 Å². The van der Waals surface area contributed by atoms with Crippen molar-refractivity contribution in [2.45, 2.75) is 46.1 Å². The molecule has 0 saturated carbocycles. The molecule has 146 valence electrons. The number of carbonyl (C=O) groups excluding carboxylic acids is 2. The first-order valence-corrected chi connectivity index (χ1v) is 7.83. The molecule has 0 spiro atoms. The number of imide groups is 1. The van der Waals surface area contributed by atoms with Gasteiger partial charge in [0, 0.05) is 5.56 Å². The Balaban J connectivity index is 3.35. The molecule has 0 heterocycles. The van der Waals surface area contributed by atoms with Gasteiger partial charge in [-0.1, -0.05) is 17.1 Å². The number of hydrogen-bond acceptors (Lipinski definition) is 6. The molecule has 0 radical (unpaired) electrons. The van der Waals surface area contributed by atoms with Gasteiger partial charge in [-0.3, -0.25) is 0 Å². The van der Waals surface area contributed by atoms with Crippen molar-refractivity contribution >= 4 is 17.9 Å². The van der Waals surface area contributed by atoms with E-state index in [0.717, 1.165) is 12.1 Å². The third-order valence-electron chi connectivity index (χ3n) is 2.79. The lowest BCUT2D eigenvalue weighted by Crippen LogP contribution is -2.37. The van der Waals surface area contributed by atoms with Crippen LogP contribution in [0, 0.1) is 11.3 Å². The van der Waals surface area contributed by atoms with Crippen LogP contribution in [0.25, 0.3) is 0 Å². The minimum absolute atomic E-state index is 0.165. The normalized spacial score (nSPS) is 11.9. The van der Waals surface area contributed by atoms with E-state index in [1.807, 2.05) is 0 Å². The van der Waals surface area contributed by atoms with E-state index in [2.05, 4.69) is 5.10 Å². The maximum absolute atomic E-state index is 12.9. The van der Waals surface area contributed by atoms with Gasteiger partial charge in [-0.05, 0) is 39.8 Å². The fourth-order valence-electron chi connectivity index (χ4n) is 1.75. The molecule has 0 fully saturated rings. The molecule has 2 amide bonds. The van der Waals surface area contributed by atoms with Crippen molar-refractivity contribution in [3.05, 3.63) is 35.4 Å². The average molecular weight is 385 g/mol. The van der Waals surface area contributed by atoms with Crippen LogP contribution in [0.3, 0.4) is 0 Å². The van der Waals surface area contributed by atoms with E-state index in [-0.39, 0.29) is 10.6 Å². The van der Waals surface area contributed by atoms with E-state index in [1.54, 1.807) is 6.07 Å². The molecule has 1 rings (SSSR count). The molecule has 10 heteroatoms. The second-order valence-corrected chi connectivity index (χ2v) is 5.82. The van der Waals surface area contributed by atoms with Crippen LogP contribution in [0.2, 0.25) is 0 Å². The molecular formula is C17H18F3N3O4. The summed E-state index contributed by atoms with van der Waals surface area (Å²) in [7, 11) is 0. The number of nitrogens with zero attached hydrogens (tertiary/aromatic N) is 3. The average Bonchev–Trinajstić information content (AvgIpc) is 2.53. The zero-order valence-electron chi connectivity index (χ0n) is 15.1. The van der Waals surface area contributed by atoms with Gasteiger partial charge in [-0.2, -0.15) is 18.4 Å². The molecule has 0 bridgehead atoms. The number of carbonyl (C=O) groups is 2. The van der Waals surface area contributed by atoms with Crippen molar-refractivity contribution in [3.8, 4) is 6.07 Å². The number of hydrazone groups is 1. The summed E-state index contributed by atoms with van der Waals surface area (Å²) in [4.78, 5) is 24.2. The lowest BCUT2D eigenvalue weighted by Gasteiger charge is -2.18. The monoisotopic (exact) mass is 385 g/mol. The lowest BCUT2D eigenvalue weighted by molar-refractivity contribution is -0.137. The van der Waals surface area contributed by atoms with Crippen molar-refractivity contribution in [1.82, 2.24) is 5.01 Å². The summed E-state index contributed by atoms with van der Waals surface area (Å²) in [5.41, 5.74) is -1.83. The summed E-state index contributed by atoms with van der Waals surface area (Å²) in [5, 5.41) is 13.0. The van der Waals surface area contributed by atoms with Gasteiger partial charge in [0.2, 0.25) is 0 Å². The van der Waals surface area contributed by atoms with Crippen molar-refractivity contribution in [1.29, 1.82) is 5.26 Å². The summed E-state index contributed by atoms with van der Waals surface area (Å²) >= 11 is 0. The SMILES string of the molecule is CC(C)OC(=O)N(/N=C(\C#N)c1cccc(C(F)(F)F)c1)C(=O)OC(C)C. The van der Waals surface area contributed by atoms with Crippen LogP contribution >= 0.6 is 0 Å². The van der Waals surface area contributed by atoms with Gasteiger partial charge in [-0.25, -0.2) is 9.59 Å². The molecule has 1 aromatic carbocycles. The highest BCUT2D eigenvalue weighted by Crippen LogP contribution is 2.29. The first-order valence-electron chi connectivity index (χ1n) is 7.83. The third-order valence-corrected chi connectivity index (χ3v) is 2.79. The van der Waals surface area contributed by atoms with Gasteiger partial charge >= 0.3 is 18.4 Å². The largest absolute Gasteiger partial charge is 0.445 e. The molecule has 0 unspecified atom stereocenters. The van der Waals surface area contributed by atoms with Crippen LogP contribution in [0.1, 0.15) is 38.8 Å². The Kier molecular flexibility index (Phi) is 7.34. The van der Waals surface area contributed by atoms with Gasteiger partial charge in [0.15, 0.2) is 5.71 Å². The zero-order chi connectivity index (χ0) is 20.8. The van der Waals surface area contributed by atoms with Crippen molar-refractivity contribution < 1.29 is 32.2 Å². The Bertz CT molecular complexity index is 745. The summed E-state index contributed by atoms with van der Waals surface area (Å²) < 4.78 is 48.3. The fourth-order valence-corrected chi connectivity index (χ4v) is 1.75. The number of benzene rings is 1. The van der Waals surface area contributed by atoms with Crippen LogP contribution in [0.5, 0.6) is 0 Å². The van der Waals surface area contributed by atoms with Gasteiger partial charge < -0.3 is 9.47 Å². The molecule has 1 aromatic rings. The summed E-state index contributed by atoms with van der Waals surface area (Å²) in [6.45, 7) is 6.08. The molecule has 27 heavy (non-hydrogen) atoms. The predicted molar refractivity (Wildman–Crippen MR) is 88.7 cm³/mol. The van der Waals surface area contributed by atoms with Gasteiger partial charge in [0.1, 0.15) is 6.07 Å². The van der Waals surface area contributed by atoms with Crippen LogP contribution in [-0.4, -0.2) is 35.1 Å².